The summed E-state index contributed by atoms with van der Waals surface area (Å²) in [7, 11) is 1.73. The summed E-state index contributed by atoms with van der Waals surface area (Å²) in [6, 6.07) is 4.12. The Morgan fingerprint density at radius 3 is 2.94 bits per heavy atom. The fraction of sp³-hybridized carbons (Fsp3) is 0.455. The van der Waals surface area contributed by atoms with Crippen LogP contribution in [0.3, 0.4) is 0 Å². The number of carbonyl (C=O) groups excluding carboxylic acids is 1. The summed E-state index contributed by atoms with van der Waals surface area (Å²) in [5.41, 5.74) is 5.38. The predicted octanol–water partition coefficient (Wildman–Crippen LogP) is 1.82. The zero-order valence-corrected chi connectivity index (χ0v) is 10.9. The molecule has 1 amide bonds. The molecule has 0 saturated carbocycles. The molecule has 0 aromatic carbocycles. The van der Waals surface area contributed by atoms with Crippen LogP contribution in [0.4, 0.5) is 0 Å². The lowest BCUT2D eigenvalue weighted by Gasteiger charge is -2.15. The molecule has 3 nitrogen and oxygen atoms in total. The summed E-state index contributed by atoms with van der Waals surface area (Å²) in [6.45, 7) is 0.368. The molecule has 0 saturated heterocycles. The van der Waals surface area contributed by atoms with Crippen molar-refractivity contribution in [1.82, 2.24) is 4.90 Å². The summed E-state index contributed by atoms with van der Waals surface area (Å²) in [6.07, 6.45) is 2.39. The molecular formula is C11H16N2OS2. The molecule has 0 spiro atoms. The SMILES string of the molecule is CN(CC(N)=S)C(=O)CCCc1cccs1. The molecule has 1 aromatic rings. The molecule has 0 fully saturated rings. The van der Waals surface area contributed by atoms with Gasteiger partial charge in [-0.1, -0.05) is 18.3 Å². The molecule has 0 bridgehead atoms. The lowest BCUT2D eigenvalue weighted by atomic mass is 10.2. The molecule has 0 radical (unpaired) electrons. The van der Waals surface area contributed by atoms with Gasteiger partial charge in [0.05, 0.1) is 11.5 Å². The quantitative estimate of drug-likeness (QED) is 0.790. The van der Waals surface area contributed by atoms with E-state index in [4.69, 9.17) is 18.0 Å². The first-order chi connectivity index (χ1) is 7.59. The Balaban J connectivity index is 2.22. The van der Waals surface area contributed by atoms with Crippen LogP contribution in [-0.2, 0) is 11.2 Å². The number of thiophene rings is 1. The highest BCUT2D eigenvalue weighted by Gasteiger charge is 2.08. The number of aryl methyl sites for hydroxylation is 1. The largest absolute Gasteiger partial charge is 0.392 e. The highest BCUT2D eigenvalue weighted by atomic mass is 32.1. The minimum absolute atomic E-state index is 0.101. The molecule has 1 aromatic heterocycles. The molecule has 16 heavy (non-hydrogen) atoms. The number of nitrogens with zero attached hydrogens (tertiary/aromatic N) is 1. The lowest BCUT2D eigenvalue weighted by molar-refractivity contribution is -0.129. The molecule has 1 heterocycles. The zero-order valence-electron chi connectivity index (χ0n) is 9.31. The molecule has 0 atom stereocenters. The van der Waals surface area contributed by atoms with Gasteiger partial charge in [-0.05, 0) is 24.3 Å². The number of thiocarbonyl (C=S) groups is 1. The van der Waals surface area contributed by atoms with Crippen LogP contribution in [0.1, 0.15) is 17.7 Å². The summed E-state index contributed by atoms with van der Waals surface area (Å²) < 4.78 is 0. The minimum Gasteiger partial charge on any atom is -0.392 e. The van der Waals surface area contributed by atoms with E-state index >= 15 is 0 Å². The van der Waals surface area contributed by atoms with Crippen LogP contribution in [0.25, 0.3) is 0 Å². The molecule has 5 heteroatoms. The Morgan fingerprint density at radius 2 is 2.38 bits per heavy atom. The Labute approximate surface area is 105 Å². The van der Waals surface area contributed by atoms with Crippen molar-refractivity contribution in [2.75, 3.05) is 13.6 Å². The van der Waals surface area contributed by atoms with E-state index in [0.29, 0.717) is 18.0 Å². The molecule has 0 unspecified atom stereocenters. The molecule has 0 aliphatic carbocycles. The predicted molar refractivity (Wildman–Crippen MR) is 71.7 cm³/mol. The molecular weight excluding hydrogens is 240 g/mol. The lowest BCUT2D eigenvalue weighted by Crippen LogP contribution is -2.34. The number of hydrogen-bond acceptors (Lipinski definition) is 3. The zero-order chi connectivity index (χ0) is 12.0. The summed E-state index contributed by atoms with van der Waals surface area (Å²) in [5, 5.41) is 2.05. The standard InChI is InChI=1S/C11H16N2OS2/c1-13(8-10(12)15)11(14)6-2-4-9-5-3-7-16-9/h3,5,7H,2,4,6,8H2,1H3,(H2,12,15). The molecule has 1 rings (SSSR count). The van der Waals surface area contributed by atoms with Crippen LogP contribution in [0, 0.1) is 0 Å². The van der Waals surface area contributed by atoms with Gasteiger partial charge in [0.15, 0.2) is 0 Å². The van der Waals surface area contributed by atoms with E-state index in [2.05, 4.69) is 11.4 Å². The van der Waals surface area contributed by atoms with Crippen molar-refractivity contribution < 1.29 is 4.79 Å². The van der Waals surface area contributed by atoms with Crippen molar-refractivity contribution >= 4 is 34.5 Å². The average Bonchev–Trinajstić information content (AvgIpc) is 2.69. The number of rotatable bonds is 6. The maximum absolute atomic E-state index is 11.6. The number of hydrogen-bond donors (Lipinski definition) is 1. The maximum atomic E-state index is 11.6. The first-order valence-corrected chi connectivity index (χ1v) is 6.43. The first-order valence-electron chi connectivity index (χ1n) is 5.14. The van der Waals surface area contributed by atoms with Crippen molar-refractivity contribution in [2.45, 2.75) is 19.3 Å². The monoisotopic (exact) mass is 256 g/mol. The third kappa shape index (κ3) is 4.72. The second-order valence-corrected chi connectivity index (χ2v) is 5.21. The minimum atomic E-state index is 0.101. The topological polar surface area (TPSA) is 46.3 Å². The van der Waals surface area contributed by atoms with Gasteiger partial charge in [-0.2, -0.15) is 0 Å². The van der Waals surface area contributed by atoms with E-state index in [0.717, 1.165) is 12.8 Å². The van der Waals surface area contributed by atoms with Crippen molar-refractivity contribution in [3.63, 3.8) is 0 Å². The van der Waals surface area contributed by atoms with Gasteiger partial charge < -0.3 is 10.6 Å². The normalized spacial score (nSPS) is 10.1. The van der Waals surface area contributed by atoms with Gasteiger partial charge in [-0.3, -0.25) is 4.79 Å². The third-order valence-corrected chi connectivity index (χ3v) is 3.28. The van der Waals surface area contributed by atoms with Crippen LogP contribution in [0.15, 0.2) is 17.5 Å². The van der Waals surface area contributed by atoms with E-state index in [9.17, 15) is 4.79 Å². The maximum Gasteiger partial charge on any atom is 0.222 e. The Kier molecular flexibility index (Phi) is 5.42. The first kappa shape index (κ1) is 13.1. The number of carbonyl (C=O) groups is 1. The number of amides is 1. The van der Waals surface area contributed by atoms with E-state index < -0.39 is 0 Å². The van der Waals surface area contributed by atoms with Gasteiger partial charge in [0.25, 0.3) is 0 Å². The molecule has 0 aliphatic heterocycles. The summed E-state index contributed by atoms with van der Waals surface area (Å²) >= 11 is 6.48. The van der Waals surface area contributed by atoms with Gasteiger partial charge in [-0.25, -0.2) is 0 Å². The van der Waals surface area contributed by atoms with Gasteiger partial charge in [0.1, 0.15) is 0 Å². The van der Waals surface area contributed by atoms with Crippen molar-refractivity contribution in [3.8, 4) is 0 Å². The van der Waals surface area contributed by atoms with Crippen LogP contribution in [0.5, 0.6) is 0 Å². The van der Waals surface area contributed by atoms with Crippen molar-refractivity contribution in [1.29, 1.82) is 0 Å². The summed E-state index contributed by atoms with van der Waals surface area (Å²) in [4.78, 5) is 14.9. The fourth-order valence-electron chi connectivity index (χ4n) is 1.38. The van der Waals surface area contributed by atoms with E-state index in [1.807, 2.05) is 6.07 Å². The van der Waals surface area contributed by atoms with E-state index in [-0.39, 0.29) is 5.91 Å². The van der Waals surface area contributed by atoms with Crippen molar-refractivity contribution in [3.05, 3.63) is 22.4 Å². The highest BCUT2D eigenvalue weighted by Crippen LogP contribution is 2.12. The number of nitrogens with two attached hydrogens (primary N) is 1. The molecule has 0 aliphatic rings. The average molecular weight is 256 g/mol. The second kappa shape index (κ2) is 6.60. The number of likely N-dealkylation sites (N-methyl/N-ethyl adjacent to an activating group) is 1. The van der Waals surface area contributed by atoms with Crippen LogP contribution in [0.2, 0.25) is 0 Å². The van der Waals surface area contributed by atoms with E-state index in [1.54, 1.807) is 23.3 Å². The van der Waals surface area contributed by atoms with Crippen LogP contribution >= 0.6 is 23.6 Å². The third-order valence-electron chi connectivity index (χ3n) is 2.21. The fourth-order valence-corrected chi connectivity index (χ4v) is 2.33. The van der Waals surface area contributed by atoms with Crippen LogP contribution in [-0.4, -0.2) is 29.4 Å². The Hall–Kier alpha value is -0.940. The van der Waals surface area contributed by atoms with Crippen LogP contribution < -0.4 is 5.73 Å². The van der Waals surface area contributed by atoms with E-state index in [1.165, 1.54) is 4.88 Å². The highest BCUT2D eigenvalue weighted by molar-refractivity contribution is 7.80. The molecule has 88 valence electrons. The Bertz CT molecular complexity index is 349. The molecule has 2 N–H and O–H groups in total. The van der Waals surface area contributed by atoms with Gasteiger partial charge >= 0.3 is 0 Å². The van der Waals surface area contributed by atoms with Gasteiger partial charge in [0.2, 0.25) is 5.91 Å². The summed E-state index contributed by atoms with van der Waals surface area (Å²) in [5.74, 6) is 0.101. The van der Waals surface area contributed by atoms with Gasteiger partial charge in [-0.15, -0.1) is 11.3 Å². The van der Waals surface area contributed by atoms with Crippen molar-refractivity contribution in [2.24, 2.45) is 5.73 Å². The smallest absolute Gasteiger partial charge is 0.222 e. The Morgan fingerprint density at radius 1 is 1.62 bits per heavy atom. The van der Waals surface area contributed by atoms with Gasteiger partial charge in [0, 0.05) is 18.3 Å². The second-order valence-electron chi connectivity index (χ2n) is 3.65.